The molecule has 0 radical (unpaired) electrons. The van der Waals surface area contributed by atoms with Crippen LogP contribution in [0, 0.1) is 26.7 Å². The van der Waals surface area contributed by atoms with E-state index in [0.717, 1.165) is 57.4 Å². The van der Waals surface area contributed by atoms with Gasteiger partial charge in [0.25, 0.3) is 0 Å². The van der Waals surface area contributed by atoms with E-state index >= 15 is 0 Å². The van der Waals surface area contributed by atoms with Crippen molar-refractivity contribution < 1.29 is 9.53 Å². The molecule has 8 heteroatoms. The number of nitrogens with one attached hydrogen (secondary N) is 1. The lowest BCUT2D eigenvalue weighted by Gasteiger charge is -2.50. The van der Waals surface area contributed by atoms with E-state index in [-0.39, 0.29) is 11.5 Å². The molecule has 0 bridgehead atoms. The maximum atomic E-state index is 13.3. The van der Waals surface area contributed by atoms with E-state index in [0.29, 0.717) is 17.7 Å². The number of aromatic nitrogens is 4. The van der Waals surface area contributed by atoms with Gasteiger partial charge in [-0.05, 0) is 99.8 Å². The van der Waals surface area contributed by atoms with E-state index in [1.54, 1.807) is 6.33 Å². The Kier molecular flexibility index (Phi) is 6.35. The Morgan fingerprint density at radius 2 is 1.90 bits per heavy atom. The average Bonchev–Trinajstić information content (AvgIpc) is 3.64. The third-order valence-corrected chi connectivity index (χ3v) is 11.5. The number of fused-ring (bicyclic) bond motifs is 2. The highest BCUT2D eigenvalue weighted by molar-refractivity contribution is 7.19. The topological polar surface area (TPSA) is 75.5 Å². The molecule has 1 aliphatic carbocycles. The van der Waals surface area contributed by atoms with Crippen LogP contribution in [-0.2, 0) is 9.53 Å². The van der Waals surface area contributed by atoms with Crippen LogP contribution in [0.25, 0.3) is 27.1 Å². The molecular weight excluding hydrogens is 518 g/mol. The molecule has 1 spiro atoms. The molecule has 0 aromatic carbocycles. The third-order valence-electron chi connectivity index (χ3n) is 10.1. The van der Waals surface area contributed by atoms with Crippen molar-refractivity contribution in [2.75, 3.05) is 19.7 Å². The van der Waals surface area contributed by atoms with Crippen LogP contribution in [0.4, 0.5) is 0 Å². The molecule has 7 nitrogen and oxygen atoms in total. The molecule has 4 aromatic heterocycles. The van der Waals surface area contributed by atoms with Gasteiger partial charge in [0.05, 0.1) is 11.3 Å². The molecular formula is C32H41N5O2S. The molecule has 2 aliphatic heterocycles. The SMILES string of the molecule is Cc1c(-c2[nH]c3sc(C4CCN(C(=O)[C@H]5C[C@@]6(CCCCO6)C5)CC4)c(C)c3c2C(C)C)cn2ncnc2c1C. The minimum atomic E-state index is 0.0251. The lowest BCUT2D eigenvalue weighted by atomic mass is 9.67. The number of aromatic amines is 1. The van der Waals surface area contributed by atoms with Crippen LogP contribution >= 0.6 is 11.3 Å². The highest BCUT2D eigenvalue weighted by Gasteiger charge is 2.50. The highest BCUT2D eigenvalue weighted by Crippen LogP contribution is 2.49. The van der Waals surface area contributed by atoms with E-state index in [1.807, 2.05) is 15.9 Å². The monoisotopic (exact) mass is 559 g/mol. The lowest BCUT2D eigenvalue weighted by Crippen LogP contribution is -2.54. The highest BCUT2D eigenvalue weighted by atomic mass is 32.1. The van der Waals surface area contributed by atoms with Crippen LogP contribution in [-0.4, -0.2) is 55.7 Å². The van der Waals surface area contributed by atoms with E-state index in [4.69, 9.17) is 4.74 Å². The summed E-state index contributed by atoms with van der Waals surface area (Å²) in [5, 5.41) is 5.83. The van der Waals surface area contributed by atoms with Gasteiger partial charge in [-0.2, -0.15) is 5.10 Å². The molecule has 6 heterocycles. The largest absolute Gasteiger partial charge is 0.375 e. The molecule has 2 saturated heterocycles. The van der Waals surface area contributed by atoms with E-state index in [2.05, 4.69) is 60.8 Å². The Balaban J connectivity index is 1.12. The number of rotatable bonds is 4. The zero-order valence-corrected chi connectivity index (χ0v) is 25.3. The summed E-state index contributed by atoms with van der Waals surface area (Å²) in [7, 11) is 0. The zero-order valence-electron chi connectivity index (χ0n) is 24.5. The van der Waals surface area contributed by atoms with E-state index in [9.17, 15) is 4.79 Å². The van der Waals surface area contributed by atoms with Crippen LogP contribution in [0.3, 0.4) is 0 Å². The first-order valence-electron chi connectivity index (χ1n) is 15.1. The number of ether oxygens (including phenoxy) is 1. The number of thiophene rings is 1. The maximum absolute atomic E-state index is 13.3. The first-order chi connectivity index (χ1) is 19.3. The number of hydrogen-bond donors (Lipinski definition) is 1. The Morgan fingerprint density at radius 3 is 2.60 bits per heavy atom. The van der Waals surface area contributed by atoms with E-state index in [1.165, 1.54) is 61.4 Å². The van der Waals surface area contributed by atoms with Gasteiger partial charge < -0.3 is 14.6 Å². The zero-order chi connectivity index (χ0) is 27.8. The fourth-order valence-corrected chi connectivity index (χ4v) is 9.14. The number of H-pyrrole nitrogens is 1. The summed E-state index contributed by atoms with van der Waals surface area (Å²) < 4.78 is 7.99. The summed E-state index contributed by atoms with van der Waals surface area (Å²) in [5.74, 6) is 1.44. The van der Waals surface area contributed by atoms with Crippen molar-refractivity contribution in [3.8, 4) is 11.3 Å². The smallest absolute Gasteiger partial charge is 0.225 e. The van der Waals surface area contributed by atoms with Crippen LogP contribution in [0.2, 0.25) is 0 Å². The number of likely N-dealkylation sites (tertiary alicyclic amines) is 1. The Labute approximate surface area is 240 Å². The normalized spacial score (nSPS) is 24.1. The van der Waals surface area contributed by atoms with Gasteiger partial charge in [-0.1, -0.05) is 13.8 Å². The minimum Gasteiger partial charge on any atom is -0.375 e. The summed E-state index contributed by atoms with van der Waals surface area (Å²) in [5.41, 5.74) is 8.59. The van der Waals surface area contributed by atoms with Gasteiger partial charge in [-0.25, -0.2) is 9.50 Å². The average molecular weight is 560 g/mol. The van der Waals surface area contributed by atoms with Crippen molar-refractivity contribution in [1.29, 1.82) is 0 Å². The molecule has 0 atom stereocenters. The number of nitrogens with zero attached hydrogens (tertiary/aromatic N) is 4. The van der Waals surface area contributed by atoms with Crippen molar-refractivity contribution in [1.82, 2.24) is 24.5 Å². The summed E-state index contributed by atoms with van der Waals surface area (Å²) in [4.78, 5) is 26.5. The predicted molar refractivity (Wildman–Crippen MR) is 160 cm³/mol. The quantitative estimate of drug-likeness (QED) is 0.291. The number of carbonyl (C=O) groups is 1. The van der Waals surface area contributed by atoms with Gasteiger partial charge >= 0.3 is 0 Å². The molecule has 212 valence electrons. The number of pyridine rings is 1. The fourth-order valence-electron chi connectivity index (χ4n) is 7.75. The van der Waals surface area contributed by atoms with Crippen molar-refractivity contribution in [2.45, 2.75) is 97.0 Å². The number of hydrogen-bond acceptors (Lipinski definition) is 5. The van der Waals surface area contributed by atoms with Gasteiger partial charge in [0, 0.05) is 47.6 Å². The summed E-state index contributed by atoms with van der Waals surface area (Å²) >= 11 is 1.93. The molecule has 3 fully saturated rings. The van der Waals surface area contributed by atoms with Crippen molar-refractivity contribution in [3.05, 3.63) is 39.7 Å². The van der Waals surface area contributed by atoms with Crippen molar-refractivity contribution in [3.63, 3.8) is 0 Å². The predicted octanol–water partition coefficient (Wildman–Crippen LogP) is 7.04. The first-order valence-corrected chi connectivity index (χ1v) is 16.0. The van der Waals surface area contributed by atoms with Crippen LogP contribution in [0.1, 0.15) is 97.8 Å². The van der Waals surface area contributed by atoms with Gasteiger partial charge in [0.15, 0.2) is 5.65 Å². The maximum Gasteiger partial charge on any atom is 0.225 e. The van der Waals surface area contributed by atoms with Crippen molar-refractivity contribution >= 4 is 33.1 Å². The number of carbonyl (C=O) groups excluding carboxylic acids is 1. The minimum absolute atomic E-state index is 0.0251. The molecule has 1 amide bonds. The molecule has 40 heavy (non-hydrogen) atoms. The molecule has 1 saturated carbocycles. The summed E-state index contributed by atoms with van der Waals surface area (Å²) in [6, 6.07) is 0. The van der Waals surface area contributed by atoms with E-state index < -0.39 is 0 Å². The van der Waals surface area contributed by atoms with Crippen LogP contribution < -0.4 is 0 Å². The summed E-state index contributed by atoms with van der Waals surface area (Å²) in [6.07, 6.45) is 11.3. The molecule has 4 aromatic rings. The Bertz CT molecular complexity index is 1590. The molecule has 0 unspecified atom stereocenters. The number of aryl methyl sites for hydroxylation is 2. The fraction of sp³-hybridized carbons (Fsp3) is 0.594. The first kappa shape index (κ1) is 26.2. The van der Waals surface area contributed by atoms with Crippen LogP contribution in [0.5, 0.6) is 0 Å². The van der Waals surface area contributed by atoms with Gasteiger partial charge in [-0.15, -0.1) is 11.3 Å². The molecule has 3 aliphatic rings. The summed E-state index contributed by atoms with van der Waals surface area (Å²) in [6.45, 7) is 13.9. The Hall–Kier alpha value is -2.71. The molecule has 7 rings (SSSR count). The third kappa shape index (κ3) is 4.04. The van der Waals surface area contributed by atoms with Gasteiger partial charge in [-0.3, -0.25) is 4.79 Å². The second-order valence-corrected chi connectivity index (χ2v) is 13.9. The lowest BCUT2D eigenvalue weighted by molar-refractivity contribution is -0.174. The van der Waals surface area contributed by atoms with Gasteiger partial charge in [0.2, 0.25) is 5.91 Å². The number of amides is 1. The Morgan fingerprint density at radius 1 is 1.12 bits per heavy atom. The second-order valence-electron chi connectivity index (χ2n) is 12.9. The van der Waals surface area contributed by atoms with Gasteiger partial charge in [0.1, 0.15) is 11.2 Å². The molecule has 1 N–H and O–H groups in total. The number of piperidine rings is 1. The second kappa shape index (κ2) is 9.69. The standard InChI is InChI=1S/C32H41N5O2S/c1-18(2)25-26-21(5)28(40-30(26)35-27(25)24-16-37-29(33-17-34-37)20(4)19(24)3)22-8-11-36(12-9-22)31(38)23-14-32(15-23)10-6-7-13-39-32/h16-18,22-23,35H,6-15H2,1-5H3/t23-,32-. The van der Waals surface area contributed by atoms with Crippen molar-refractivity contribution in [2.24, 2.45) is 5.92 Å². The van der Waals surface area contributed by atoms with Crippen LogP contribution in [0.15, 0.2) is 12.5 Å².